The second-order valence-electron chi connectivity index (χ2n) is 11.0. The molecule has 0 fully saturated rings. The molecule has 48 heavy (non-hydrogen) atoms. The van der Waals surface area contributed by atoms with Crippen molar-refractivity contribution in [3.05, 3.63) is 118 Å². The molecule has 0 spiro atoms. The Morgan fingerprint density at radius 3 is 2.19 bits per heavy atom. The summed E-state index contributed by atoms with van der Waals surface area (Å²) in [5, 5.41) is 3.67. The number of amides is 2. The zero-order valence-corrected chi connectivity index (χ0v) is 29.4. The molecule has 4 aromatic carbocycles. The van der Waals surface area contributed by atoms with Gasteiger partial charge < -0.3 is 19.7 Å². The van der Waals surface area contributed by atoms with E-state index in [0.29, 0.717) is 27.9 Å². The minimum atomic E-state index is -4.34. The molecule has 0 unspecified atom stereocenters. The summed E-state index contributed by atoms with van der Waals surface area (Å²) in [6.07, 6.45) is 1.78. The Hall–Kier alpha value is -4.25. The van der Waals surface area contributed by atoms with Gasteiger partial charge in [-0.25, -0.2) is 8.42 Å². The van der Waals surface area contributed by atoms with Crippen LogP contribution in [0.15, 0.2) is 102 Å². The molecule has 0 heterocycles. The minimum Gasteiger partial charge on any atom is -0.497 e. The highest BCUT2D eigenvalue weighted by atomic mass is 35.5. The van der Waals surface area contributed by atoms with Gasteiger partial charge in [-0.1, -0.05) is 91.1 Å². The standard InChI is InChI=1S/C36H39Cl2N3O6S/c1-4-5-20-39-36(43)33(21-26-12-8-6-9-13-26)40(24-27-16-17-28(37)22-31(27)38)35(42)25-41(48(44,45)30-14-10-7-11-15-30)32-23-29(46-2)18-19-34(32)47-3/h6-19,22-23,33H,4-5,20-21,24-25H2,1-3H3,(H,39,43)/t33-/m0/s1. The Kier molecular flexibility index (Phi) is 13.1. The average Bonchev–Trinajstić information content (AvgIpc) is 3.10. The summed E-state index contributed by atoms with van der Waals surface area (Å²) in [6.45, 7) is 1.67. The molecule has 0 aliphatic heterocycles. The molecule has 0 aliphatic rings. The molecule has 0 bridgehead atoms. The van der Waals surface area contributed by atoms with Crippen LogP contribution in [0.4, 0.5) is 5.69 Å². The Balaban J connectivity index is 1.86. The van der Waals surface area contributed by atoms with Crippen molar-refractivity contribution in [2.45, 2.75) is 43.7 Å². The zero-order chi connectivity index (χ0) is 34.7. The van der Waals surface area contributed by atoms with Crippen LogP contribution in [0.1, 0.15) is 30.9 Å². The maximum absolute atomic E-state index is 14.7. The maximum Gasteiger partial charge on any atom is 0.264 e. The van der Waals surface area contributed by atoms with Crippen LogP contribution < -0.4 is 19.1 Å². The molecule has 2 amide bonds. The third-order valence-electron chi connectivity index (χ3n) is 7.72. The van der Waals surface area contributed by atoms with Crippen molar-refractivity contribution in [1.29, 1.82) is 0 Å². The maximum atomic E-state index is 14.7. The third-order valence-corrected chi connectivity index (χ3v) is 10.1. The van der Waals surface area contributed by atoms with Gasteiger partial charge in [-0.15, -0.1) is 0 Å². The normalized spacial score (nSPS) is 11.8. The molecule has 4 aromatic rings. The van der Waals surface area contributed by atoms with E-state index in [2.05, 4.69) is 5.32 Å². The van der Waals surface area contributed by atoms with E-state index in [1.807, 2.05) is 37.3 Å². The lowest BCUT2D eigenvalue weighted by atomic mass is 10.0. The van der Waals surface area contributed by atoms with E-state index >= 15 is 0 Å². The van der Waals surface area contributed by atoms with E-state index in [1.165, 1.54) is 37.3 Å². The van der Waals surface area contributed by atoms with Crippen molar-refractivity contribution in [2.75, 3.05) is 31.6 Å². The third kappa shape index (κ3) is 9.21. The van der Waals surface area contributed by atoms with Crippen molar-refractivity contribution in [1.82, 2.24) is 10.2 Å². The lowest BCUT2D eigenvalue weighted by Crippen LogP contribution is -2.53. The zero-order valence-electron chi connectivity index (χ0n) is 27.1. The van der Waals surface area contributed by atoms with Crippen molar-refractivity contribution in [3.8, 4) is 11.5 Å². The fraction of sp³-hybridized carbons (Fsp3) is 0.278. The number of rotatable bonds is 16. The first kappa shape index (κ1) is 36.6. The molecule has 0 aliphatic carbocycles. The van der Waals surface area contributed by atoms with Crippen molar-refractivity contribution < 1.29 is 27.5 Å². The van der Waals surface area contributed by atoms with Gasteiger partial charge in [0.1, 0.15) is 24.1 Å². The number of carbonyl (C=O) groups is 2. The van der Waals surface area contributed by atoms with Crippen LogP contribution in [0.2, 0.25) is 10.0 Å². The number of nitrogens with one attached hydrogen (secondary N) is 1. The number of nitrogens with zero attached hydrogens (tertiary/aromatic N) is 2. The number of carbonyl (C=O) groups excluding carboxylic acids is 2. The largest absolute Gasteiger partial charge is 0.497 e. The number of halogens is 2. The van der Waals surface area contributed by atoms with Gasteiger partial charge in [-0.05, 0) is 53.9 Å². The van der Waals surface area contributed by atoms with Crippen molar-refractivity contribution >= 4 is 50.7 Å². The Morgan fingerprint density at radius 2 is 1.56 bits per heavy atom. The second-order valence-corrected chi connectivity index (χ2v) is 13.7. The summed E-state index contributed by atoms with van der Waals surface area (Å²) in [5.74, 6) is -0.457. The predicted octanol–water partition coefficient (Wildman–Crippen LogP) is 6.76. The van der Waals surface area contributed by atoms with Crippen molar-refractivity contribution in [3.63, 3.8) is 0 Å². The van der Waals surface area contributed by atoms with Crippen LogP contribution in [-0.4, -0.2) is 58.5 Å². The molecular weight excluding hydrogens is 673 g/mol. The van der Waals surface area contributed by atoms with Crippen LogP contribution in [0.25, 0.3) is 0 Å². The Bertz CT molecular complexity index is 1790. The van der Waals surface area contributed by atoms with Gasteiger partial charge in [-0.3, -0.25) is 13.9 Å². The molecule has 9 nitrogen and oxygen atoms in total. The molecular formula is C36H39Cl2N3O6S. The van der Waals surface area contributed by atoms with Crippen LogP contribution in [0.5, 0.6) is 11.5 Å². The molecule has 254 valence electrons. The van der Waals surface area contributed by atoms with E-state index in [9.17, 15) is 18.0 Å². The first-order valence-corrected chi connectivity index (χ1v) is 17.6. The molecule has 1 N–H and O–H groups in total. The van der Waals surface area contributed by atoms with E-state index in [0.717, 1.165) is 22.7 Å². The smallest absolute Gasteiger partial charge is 0.264 e. The number of hydrogen-bond donors (Lipinski definition) is 1. The van der Waals surface area contributed by atoms with Crippen molar-refractivity contribution in [2.24, 2.45) is 0 Å². The number of methoxy groups -OCH3 is 2. The van der Waals surface area contributed by atoms with E-state index < -0.39 is 28.5 Å². The molecule has 1 atom stereocenters. The lowest BCUT2D eigenvalue weighted by molar-refractivity contribution is -0.140. The Labute approximate surface area is 292 Å². The number of anilines is 1. The lowest BCUT2D eigenvalue weighted by Gasteiger charge is -2.34. The summed E-state index contributed by atoms with van der Waals surface area (Å²) in [5.41, 5.74) is 1.44. The van der Waals surface area contributed by atoms with Gasteiger partial charge in [0.25, 0.3) is 10.0 Å². The summed E-state index contributed by atoms with van der Waals surface area (Å²) < 4.78 is 40.6. The molecule has 0 saturated heterocycles. The molecule has 0 radical (unpaired) electrons. The van der Waals surface area contributed by atoms with Crippen LogP contribution in [0, 0.1) is 0 Å². The van der Waals surface area contributed by atoms with Gasteiger partial charge in [0.15, 0.2) is 0 Å². The summed E-state index contributed by atoms with van der Waals surface area (Å²) in [7, 11) is -1.48. The number of unbranched alkanes of at least 4 members (excludes halogenated alkanes) is 1. The SMILES string of the molecule is CCCCNC(=O)[C@H](Cc1ccccc1)N(Cc1ccc(Cl)cc1Cl)C(=O)CN(c1cc(OC)ccc1OC)S(=O)(=O)c1ccccc1. The average molecular weight is 713 g/mol. The summed E-state index contributed by atoms with van der Waals surface area (Å²) in [4.78, 5) is 30.0. The quantitative estimate of drug-likeness (QED) is 0.129. The van der Waals surface area contributed by atoms with Crippen LogP contribution in [0.3, 0.4) is 0 Å². The first-order valence-electron chi connectivity index (χ1n) is 15.4. The van der Waals surface area contributed by atoms with E-state index in [-0.39, 0.29) is 35.2 Å². The second kappa shape index (κ2) is 17.2. The molecule has 4 rings (SSSR count). The summed E-state index contributed by atoms with van der Waals surface area (Å²) in [6, 6.07) is 25.7. The van der Waals surface area contributed by atoms with Crippen LogP contribution in [-0.2, 0) is 32.6 Å². The van der Waals surface area contributed by atoms with Crippen LogP contribution >= 0.6 is 23.2 Å². The van der Waals surface area contributed by atoms with Gasteiger partial charge in [-0.2, -0.15) is 0 Å². The van der Waals surface area contributed by atoms with Gasteiger partial charge in [0, 0.05) is 35.6 Å². The minimum absolute atomic E-state index is 0.0342. The fourth-order valence-corrected chi connectivity index (χ4v) is 7.02. The highest BCUT2D eigenvalue weighted by molar-refractivity contribution is 7.92. The number of ether oxygens (including phenoxy) is 2. The van der Waals surface area contributed by atoms with E-state index in [1.54, 1.807) is 48.5 Å². The van der Waals surface area contributed by atoms with E-state index in [4.69, 9.17) is 32.7 Å². The van der Waals surface area contributed by atoms with Gasteiger partial charge >= 0.3 is 0 Å². The molecule has 0 aromatic heterocycles. The highest BCUT2D eigenvalue weighted by Gasteiger charge is 2.36. The predicted molar refractivity (Wildman–Crippen MR) is 189 cm³/mol. The highest BCUT2D eigenvalue weighted by Crippen LogP contribution is 2.36. The molecule has 12 heteroatoms. The monoisotopic (exact) mass is 711 g/mol. The summed E-state index contributed by atoms with van der Waals surface area (Å²) >= 11 is 12.8. The Morgan fingerprint density at radius 1 is 0.875 bits per heavy atom. The topological polar surface area (TPSA) is 105 Å². The first-order chi connectivity index (χ1) is 23.1. The molecule has 0 saturated carbocycles. The fourth-order valence-electron chi connectivity index (χ4n) is 5.12. The van der Waals surface area contributed by atoms with Gasteiger partial charge in [0.05, 0.1) is 24.8 Å². The number of benzene rings is 4. The van der Waals surface area contributed by atoms with Gasteiger partial charge in [0.2, 0.25) is 11.8 Å². The number of sulfonamides is 1. The number of hydrogen-bond acceptors (Lipinski definition) is 6.